The predicted molar refractivity (Wildman–Crippen MR) is 133 cm³/mol. The molecular formula is C26H26N4O2S. The number of anilines is 1. The fourth-order valence-corrected chi connectivity index (χ4v) is 4.25. The first-order valence-electron chi connectivity index (χ1n) is 10.6. The van der Waals surface area contributed by atoms with Gasteiger partial charge in [-0.2, -0.15) is 0 Å². The van der Waals surface area contributed by atoms with E-state index in [1.165, 1.54) is 11.8 Å². The van der Waals surface area contributed by atoms with Crippen molar-refractivity contribution in [2.24, 2.45) is 0 Å². The lowest BCUT2D eigenvalue weighted by atomic mass is 10.1. The topological polar surface area (TPSA) is 69.0 Å². The van der Waals surface area contributed by atoms with Gasteiger partial charge in [-0.1, -0.05) is 42.1 Å². The summed E-state index contributed by atoms with van der Waals surface area (Å²) in [5.74, 6) is 1.63. The van der Waals surface area contributed by atoms with Gasteiger partial charge >= 0.3 is 0 Å². The predicted octanol–water partition coefficient (Wildman–Crippen LogP) is 5.60. The van der Waals surface area contributed by atoms with Crippen molar-refractivity contribution in [3.8, 4) is 22.8 Å². The van der Waals surface area contributed by atoms with Crippen LogP contribution in [0.25, 0.3) is 17.1 Å². The highest BCUT2D eigenvalue weighted by Crippen LogP contribution is 2.30. The minimum absolute atomic E-state index is 0.0842. The molecule has 0 aliphatic heterocycles. The number of nitrogens with zero attached hydrogens (tertiary/aromatic N) is 3. The van der Waals surface area contributed by atoms with E-state index in [4.69, 9.17) is 4.74 Å². The second-order valence-corrected chi connectivity index (χ2v) is 8.75. The fraction of sp³-hybridized carbons (Fsp3) is 0.192. The van der Waals surface area contributed by atoms with Crippen LogP contribution in [0.4, 0.5) is 5.69 Å². The van der Waals surface area contributed by atoms with Crippen molar-refractivity contribution in [2.75, 3.05) is 18.2 Å². The molecule has 33 heavy (non-hydrogen) atoms. The summed E-state index contributed by atoms with van der Waals surface area (Å²) < 4.78 is 7.29. The summed E-state index contributed by atoms with van der Waals surface area (Å²) in [6.07, 6.45) is 0. The number of benzene rings is 3. The Morgan fingerprint density at radius 3 is 2.45 bits per heavy atom. The molecule has 0 radical (unpaired) electrons. The van der Waals surface area contributed by atoms with E-state index in [1.54, 1.807) is 7.11 Å². The van der Waals surface area contributed by atoms with Crippen LogP contribution in [-0.4, -0.2) is 33.5 Å². The number of aromatic nitrogens is 3. The molecular weight excluding hydrogens is 432 g/mol. The smallest absolute Gasteiger partial charge is 0.234 e. The lowest BCUT2D eigenvalue weighted by Crippen LogP contribution is -2.15. The minimum Gasteiger partial charge on any atom is -0.497 e. The zero-order chi connectivity index (χ0) is 23.4. The number of thioether (sulfide) groups is 1. The lowest BCUT2D eigenvalue weighted by molar-refractivity contribution is -0.113. The average molecular weight is 459 g/mol. The van der Waals surface area contributed by atoms with Crippen molar-refractivity contribution < 1.29 is 9.53 Å². The molecule has 1 amide bonds. The fourth-order valence-electron chi connectivity index (χ4n) is 3.51. The Morgan fingerprint density at radius 1 is 0.970 bits per heavy atom. The maximum absolute atomic E-state index is 12.7. The van der Waals surface area contributed by atoms with Crippen LogP contribution in [0.3, 0.4) is 0 Å². The average Bonchev–Trinajstić information content (AvgIpc) is 3.24. The molecule has 4 aromatic rings. The van der Waals surface area contributed by atoms with Crippen LogP contribution in [0, 0.1) is 20.8 Å². The number of ether oxygens (including phenoxy) is 1. The highest BCUT2D eigenvalue weighted by atomic mass is 32.2. The molecule has 0 atom stereocenters. The summed E-state index contributed by atoms with van der Waals surface area (Å²) >= 11 is 1.36. The highest BCUT2D eigenvalue weighted by molar-refractivity contribution is 7.99. The van der Waals surface area contributed by atoms with E-state index in [9.17, 15) is 4.79 Å². The number of nitrogens with one attached hydrogen (secondary N) is 1. The molecule has 0 saturated carbocycles. The SMILES string of the molecule is COc1ccc(-c2nnc(SCC(=O)Nc3cc(C)ccc3C)n2-c2ccccc2C)cc1. The van der Waals surface area contributed by atoms with E-state index < -0.39 is 0 Å². The third kappa shape index (κ3) is 5.09. The van der Waals surface area contributed by atoms with Crippen LogP contribution < -0.4 is 10.1 Å². The van der Waals surface area contributed by atoms with Crippen molar-refractivity contribution in [3.05, 3.63) is 83.4 Å². The van der Waals surface area contributed by atoms with Crippen LogP contribution in [-0.2, 0) is 4.79 Å². The van der Waals surface area contributed by atoms with Gasteiger partial charge in [0.25, 0.3) is 0 Å². The van der Waals surface area contributed by atoms with Crippen molar-refractivity contribution in [2.45, 2.75) is 25.9 Å². The van der Waals surface area contributed by atoms with Gasteiger partial charge in [0.2, 0.25) is 5.91 Å². The van der Waals surface area contributed by atoms with Gasteiger partial charge in [0.05, 0.1) is 18.6 Å². The number of amides is 1. The molecule has 168 valence electrons. The Bertz CT molecular complexity index is 1280. The molecule has 1 heterocycles. The molecule has 4 rings (SSSR count). The molecule has 0 bridgehead atoms. The van der Waals surface area contributed by atoms with Crippen LogP contribution in [0.2, 0.25) is 0 Å². The number of hydrogen-bond acceptors (Lipinski definition) is 5. The third-order valence-corrected chi connectivity index (χ3v) is 6.27. The second-order valence-electron chi connectivity index (χ2n) is 7.81. The Labute approximate surface area is 198 Å². The van der Waals surface area contributed by atoms with Crippen molar-refractivity contribution in [1.82, 2.24) is 14.8 Å². The lowest BCUT2D eigenvalue weighted by Gasteiger charge is -2.13. The van der Waals surface area contributed by atoms with Gasteiger partial charge in [-0.3, -0.25) is 9.36 Å². The van der Waals surface area contributed by atoms with Crippen molar-refractivity contribution >= 4 is 23.4 Å². The molecule has 6 nitrogen and oxygen atoms in total. The van der Waals surface area contributed by atoms with Crippen LogP contribution in [0.5, 0.6) is 5.75 Å². The van der Waals surface area contributed by atoms with Gasteiger partial charge in [0, 0.05) is 11.3 Å². The molecule has 1 N–H and O–H groups in total. The summed E-state index contributed by atoms with van der Waals surface area (Å²) in [6, 6.07) is 21.8. The largest absolute Gasteiger partial charge is 0.497 e. The normalized spacial score (nSPS) is 10.8. The summed E-state index contributed by atoms with van der Waals surface area (Å²) in [5, 5.41) is 12.6. The monoisotopic (exact) mass is 458 g/mol. The molecule has 0 aliphatic carbocycles. The molecule has 0 unspecified atom stereocenters. The molecule has 1 aromatic heterocycles. The van der Waals surface area contributed by atoms with Crippen molar-refractivity contribution in [1.29, 1.82) is 0 Å². The highest BCUT2D eigenvalue weighted by Gasteiger charge is 2.19. The van der Waals surface area contributed by atoms with Gasteiger partial charge < -0.3 is 10.1 Å². The molecule has 0 fully saturated rings. The molecule has 0 spiro atoms. The van der Waals surface area contributed by atoms with E-state index in [-0.39, 0.29) is 11.7 Å². The zero-order valence-corrected chi connectivity index (χ0v) is 19.9. The van der Waals surface area contributed by atoms with Gasteiger partial charge in [-0.05, 0) is 73.9 Å². The molecule has 3 aromatic carbocycles. The van der Waals surface area contributed by atoms with Gasteiger partial charge in [-0.25, -0.2) is 0 Å². The van der Waals surface area contributed by atoms with E-state index in [2.05, 4.69) is 28.5 Å². The Kier molecular flexibility index (Phi) is 6.79. The molecule has 0 aliphatic rings. The Morgan fingerprint density at radius 2 is 1.73 bits per heavy atom. The first-order valence-corrected chi connectivity index (χ1v) is 11.6. The number of carbonyl (C=O) groups excluding carboxylic acids is 1. The maximum Gasteiger partial charge on any atom is 0.234 e. The Hall–Kier alpha value is -3.58. The van der Waals surface area contributed by atoms with Crippen LogP contribution in [0.15, 0.2) is 71.9 Å². The molecule has 7 heteroatoms. The number of methoxy groups -OCH3 is 1. The van der Waals surface area contributed by atoms with E-state index in [1.807, 2.05) is 79.1 Å². The van der Waals surface area contributed by atoms with Crippen LogP contribution in [0.1, 0.15) is 16.7 Å². The first kappa shape index (κ1) is 22.6. The van der Waals surface area contributed by atoms with E-state index in [0.29, 0.717) is 11.0 Å². The molecule has 0 saturated heterocycles. The quantitative estimate of drug-likeness (QED) is 0.365. The van der Waals surface area contributed by atoms with E-state index >= 15 is 0 Å². The summed E-state index contributed by atoms with van der Waals surface area (Å²) in [4.78, 5) is 12.7. The van der Waals surface area contributed by atoms with E-state index in [0.717, 1.165) is 39.4 Å². The number of aryl methyl sites for hydroxylation is 3. The zero-order valence-electron chi connectivity index (χ0n) is 19.1. The summed E-state index contributed by atoms with van der Waals surface area (Å²) in [7, 11) is 1.64. The summed E-state index contributed by atoms with van der Waals surface area (Å²) in [6.45, 7) is 6.04. The number of rotatable bonds is 7. The standard InChI is InChI=1S/C26H26N4O2S/c1-17-9-10-18(2)22(15-17)27-24(31)16-33-26-29-28-25(20-11-13-21(32-4)14-12-20)30(26)23-8-6-5-7-19(23)3/h5-15H,16H2,1-4H3,(H,27,31). The number of para-hydroxylation sites is 1. The Balaban J connectivity index is 1.62. The second kappa shape index (κ2) is 9.92. The van der Waals surface area contributed by atoms with Gasteiger partial charge in [-0.15, -0.1) is 10.2 Å². The van der Waals surface area contributed by atoms with Gasteiger partial charge in [0.1, 0.15) is 5.75 Å². The summed E-state index contributed by atoms with van der Waals surface area (Å²) in [5.41, 5.74) is 5.95. The third-order valence-electron chi connectivity index (χ3n) is 5.34. The van der Waals surface area contributed by atoms with Crippen LogP contribution >= 0.6 is 11.8 Å². The van der Waals surface area contributed by atoms with Crippen molar-refractivity contribution in [3.63, 3.8) is 0 Å². The number of carbonyl (C=O) groups is 1. The number of hydrogen-bond donors (Lipinski definition) is 1. The minimum atomic E-state index is -0.0842. The van der Waals surface area contributed by atoms with Gasteiger partial charge in [0.15, 0.2) is 11.0 Å². The first-order chi connectivity index (χ1) is 16.0. The maximum atomic E-state index is 12.7.